The summed E-state index contributed by atoms with van der Waals surface area (Å²) < 4.78 is 1.09. The van der Waals surface area contributed by atoms with E-state index >= 15 is 0 Å². The number of benzene rings is 2. The summed E-state index contributed by atoms with van der Waals surface area (Å²) >= 11 is 8.15. The molecule has 2 aromatic carbocycles. The van der Waals surface area contributed by atoms with Gasteiger partial charge in [0.15, 0.2) is 0 Å². The van der Waals surface area contributed by atoms with Crippen LogP contribution in [-0.2, 0) is 0 Å². The van der Waals surface area contributed by atoms with E-state index in [1.165, 1.54) is 58.8 Å². The molecule has 1 heterocycles. The molecule has 3 rings (SSSR count). The second kappa shape index (κ2) is 8.65. The predicted octanol–water partition coefficient (Wildman–Crippen LogP) is 6.89. The molecule has 0 atom stereocenters. The lowest BCUT2D eigenvalue weighted by Gasteiger charge is -2.30. The molecule has 0 N–H and O–H groups in total. The topological polar surface area (TPSA) is 0 Å². The van der Waals surface area contributed by atoms with Gasteiger partial charge in [0.2, 0.25) is 0 Å². The molecule has 1 nitrogen and oxygen atoms in total. The van der Waals surface area contributed by atoms with Crippen molar-refractivity contribution in [1.82, 2.24) is 0 Å². The van der Waals surface area contributed by atoms with E-state index in [4.69, 9.17) is 11.6 Å². The molecule has 0 aromatic heterocycles. The lowest BCUT2D eigenvalue weighted by molar-refractivity contribution is -0.890. The van der Waals surface area contributed by atoms with Crippen LogP contribution in [-0.4, -0.2) is 31.7 Å². The Kier molecular flexibility index (Phi) is 6.50. The predicted molar refractivity (Wildman–Crippen MR) is 115 cm³/mol. The fourth-order valence-electron chi connectivity index (χ4n) is 3.52. The Bertz CT molecular complexity index is 795. The molecule has 0 radical (unpaired) electrons. The largest absolute Gasteiger partial charge is 0.328 e. The highest BCUT2D eigenvalue weighted by Crippen LogP contribution is 2.46. The van der Waals surface area contributed by atoms with Gasteiger partial charge in [-0.15, -0.1) is 0 Å². The summed E-state index contributed by atoms with van der Waals surface area (Å²) in [6.45, 7) is 4.69. The Labute approximate surface area is 167 Å². The van der Waals surface area contributed by atoms with Gasteiger partial charge in [0.25, 0.3) is 0 Å². The van der Waals surface area contributed by atoms with E-state index in [1.807, 2.05) is 17.8 Å². The quantitative estimate of drug-likeness (QED) is 0.314. The third-order valence-corrected chi connectivity index (χ3v) is 6.47. The highest BCUT2D eigenvalue weighted by Gasteiger charge is 2.21. The smallest absolute Gasteiger partial charge is 0.0817 e. The molecule has 0 unspecified atom stereocenters. The van der Waals surface area contributed by atoms with Crippen LogP contribution in [0.5, 0.6) is 0 Å². The van der Waals surface area contributed by atoms with Crippen LogP contribution in [0.1, 0.15) is 43.7 Å². The van der Waals surface area contributed by atoms with Crippen LogP contribution < -0.4 is 0 Å². The van der Waals surface area contributed by atoms with Crippen molar-refractivity contribution in [2.75, 3.05) is 27.2 Å². The molecule has 0 saturated heterocycles. The Hall–Kier alpha value is -1.22. The highest BCUT2D eigenvalue weighted by atomic mass is 35.5. The summed E-state index contributed by atoms with van der Waals surface area (Å²) in [6.07, 6.45) is 7.44. The molecule has 3 heteroatoms. The minimum absolute atomic E-state index is 0.810. The molecule has 1 aliphatic heterocycles. The maximum absolute atomic E-state index is 6.31. The first-order valence-corrected chi connectivity index (χ1v) is 10.8. The molecule has 26 heavy (non-hydrogen) atoms. The Balaban J connectivity index is 1.82. The number of unbranched alkanes of at least 4 members (excludes halogenated alkanes) is 2. The first-order valence-electron chi connectivity index (χ1n) is 9.59. The molecular weight excluding hydrogens is 358 g/mol. The summed E-state index contributed by atoms with van der Waals surface area (Å²) in [6, 6.07) is 15.0. The molecule has 0 saturated carbocycles. The highest BCUT2D eigenvalue weighted by molar-refractivity contribution is 7.99. The van der Waals surface area contributed by atoms with Crippen molar-refractivity contribution < 1.29 is 4.48 Å². The fraction of sp³-hybridized carbons (Fsp3) is 0.391. The van der Waals surface area contributed by atoms with Crippen molar-refractivity contribution in [3.63, 3.8) is 0 Å². The summed E-state index contributed by atoms with van der Waals surface area (Å²) in [4.78, 5) is 2.64. The molecular formula is C23H29ClNS+. The van der Waals surface area contributed by atoms with Gasteiger partial charge in [-0.3, -0.25) is 0 Å². The van der Waals surface area contributed by atoms with Gasteiger partial charge in [0, 0.05) is 21.2 Å². The second-order valence-corrected chi connectivity index (χ2v) is 9.26. The zero-order chi connectivity index (χ0) is 18.6. The average molecular weight is 387 g/mol. The zero-order valence-electron chi connectivity index (χ0n) is 16.1. The maximum Gasteiger partial charge on any atom is 0.0817 e. The number of rotatable bonds is 7. The third kappa shape index (κ3) is 4.73. The first kappa shape index (κ1) is 19.5. The fourth-order valence-corrected chi connectivity index (χ4v) is 4.78. The molecule has 0 amide bonds. The third-order valence-electron chi connectivity index (χ3n) is 5.08. The van der Waals surface area contributed by atoms with E-state index in [9.17, 15) is 0 Å². The monoisotopic (exact) mass is 386 g/mol. The van der Waals surface area contributed by atoms with Crippen molar-refractivity contribution in [2.45, 2.75) is 42.4 Å². The van der Waals surface area contributed by atoms with Gasteiger partial charge in [-0.25, -0.2) is 0 Å². The summed E-state index contributed by atoms with van der Waals surface area (Å²) in [5, 5.41) is 0.810. The molecule has 0 spiro atoms. The zero-order valence-corrected chi connectivity index (χ0v) is 17.7. The van der Waals surface area contributed by atoms with Gasteiger partial charge < -0.3 is 4.48 Å². The maximum atomic E-state index is 6.31. The van der Waals surface area contributed by atoms with Gasteiger partial charge >= 0.3 is 0 Å². The SMILES string of the molecule is CCCCC[N+](C)(C)CC/C=C1/c2ccccc2Sc2ccc(Cl)cc21. The Morgan fingerprint density at radius 3 is 2.54 bits per heavy atom. The van der Waals surface area contributed by atoms with E-state index in [0.717, 1.165) is 15.9 Å². The molecule has 2 aromatic rings. The normalized spacial score (nSPS) is 15.0. The van der Waals surface area contributed by atoms with Crippen LogP contribution in [0.2, 0.25) is 5.02 Å². The van der Waals surface area contributed by atoms with Crippen LogP contribution in [0.15, 0.2) is 58.3 Å². The number of hydrogen-bond acceptors (Lipinski definition) is 1. The molecule has 1 aliphatic rings. The first-order chi connectivity index (χ1) is 12.5. The Morgan fingerprint density at radius 1 is 0.962 bits per heavy atom. The van der Waals surface area contributed by atoms with Crippen molar-refractivity contribution >= 4 is 28.9 Å². The lowest BCUT2D eigenvalue weighted by Crippen LogP contribution is -2.41. The molecule has 138 valence electrons. The van der Waals surface area contributed by atoms with Crippen LogP contribution in [0.4, 0.5) is 0 Å². The summed E-state index contributed by atoms with van der Waals surface area (Å²) in [7, 11) is 4.70. The Morgan fingerprint density at radius 2 is 1.73 bits per heavy atom. The van der Waals surface area contributed by atoms with Gasteiger partial charge in [0.05, 0.1) is 27.2 Å². The number of nitrogens with zero attached hydrogens (tertiary/aromatic N) is 1. The van der Waals surface area contributed by atoms with Crippen molar-refractivity contribution in [3.05, 3.63) is 64.7 Å². The van der Waals surface area contributed by atoms with Crippen molar-refractivity contribution in [3.8, 4) is 0 Å². The molecule has 0 bridgehead atoms. The van der Waals surface area contributed by atoms with Gasteiger partial charge in [-0.1, -0.05) is 61.0 Å². The minimum atomic E-state index is 0.810. The summed E-state index contributed by atoms with van der Waals surface area (Å²) in [5.74, 6) is 0. The van der Waals surface area contributed by atoms with E-state index < -0.39 is 0 Å². The molecule has 0 aliphatic carbocycles. The number of halogens is 1. The van der Waals surface area contributed by atoms with Crippen LogP contribution in [0.25, 0.3) is 5.57 Å². The van der Waals surface area contributed by atoms with E-state index in [0.29, 0.717) is 0 Å². The average Bonchev–Trinajstić information content (AvgIpc) is 2.61. The minimum Gasteiger partial charge on any atom is -0.328 e. The van der Waals surface area contributed by atoms with E-state index in [2.05, 4.69) is 63.5 Å². The lowest BCUT2D eigenvalue weighted by atomic mass is 9.96. The van der Waals surface area contributed by atoms with E-state index in [-0.39, 0.29) is 0 Å². The van der Waals surface area contributed by atoms with Crippen molar-refractivity contribution in [2.24, 2.45) is 0 Å². The van der Waals surface area contributed by atoms with Crippen molar-refractivity contribution in [1.29, 1.82) is 0 Å². The van der Waals surface area contributed by atoms with Gasteiger partial charge in [-0.2, -0.15) is 0 Å². The standard InChI is InChI=1S/C23H29ClNS/c1-4-5-8-15-25(2,3)16-9-11-19-20-10-6-7-12-22(20)26-23-14-13-18(24)17-21(19)23/h6-7,10-14,17H,4-5,8-9,15-16H2,1-3H3/q+1/b19-11-. The van der Waals surface area contributed by atoms with Crippen LogP contribution in [0, 0.1) is 0 Å². The number of hydrogen-bond donors (Lipinski definition) is 0. The summed E-state index contributed by atoms with van der Waals surface area (Å²) in [5.41, 5.74) is 3.95. The van der Waals surface area contributed by atoms with Gasteiger partial charge in [-0.05, 0) is 53.8 Å². The number of fused-ring (bicyclic) bond motifs is 2. The van der Waals surface area contributed by atoms with E-state index in [1.54, 1.807) is 0 Å². The number of quaternary nitrogens is 1. The van der Waals surface area contributed by atoms with Crippen LogP contribution in [0.3, 0.4) is 0 Å². The second-order valence-electron chi connectivity index (χ2n) is 7.74. The van der Waals surface area contributed by atoms with Crippen LogP contribution >= 0.6 is 23.4 Å². The van der Waals surface area contributed by atoms with Gasteiger partial charge in [0.1, 0.15) is 0 Å². The molecule has 0 fully saturated rings.